The lowest BCUT2D eigenvalue weighted by molar-refractivity contribution is 0.434. The lowest BCUT2D eigenvalue weighted by Crippen LogP contribution is -2.25. The minimum absolute atomic E-state index is 0.252. The van der Waals surface area contributed by atoms with Crippen molar-refractivity contribution >= 4 is 0 Å². The topological polar surface area (TPSA) is 37.8 Å². The van der Waals surface area contributed by atoms with Crippen LogP contribution in [0.3, 0.4) is 0 Å². The van der Waals surface area contributed by atoms with Gasteiger partial charge in [0.15, 0.2) is 5.82 Å². The molecule has 0 saturated carbocycles. The summed E-state index contributed by atoms with van der Waals surface area (Å²) in [6, 6.07) is 6.45. The lowest BCUT2D eigenvalue weighted by Gasteiger charge is -2.23. The largest absolute Gasteiger partial charge is 0.319 e. The maximum Gasteiger partial charge on any atom is 0.159 e. The summed E-state index contributed by atoms with van der Waals surface area (Å²) in [5.74, 6) is 1.03. The van der Waals surface area contributed by atoms with E-state index in [1.54, 1.807) is 6.07 Å². The normalized spacial score (nSPS) is 17.8. The van der Waals surface area contributed by atoms with Crippen LogP contribution in [-0.2, 0) is 12.8 Å². The van der Waals surface area contributed by atoms with Crippen molar-refractivity contribution in [3.05, 3.63) is 47.5 Å². The van der Waals surface area contributed by atoms with Crippen LogP contribution >= 0.6 is 0 Å². The monoisotopic (exact) mass is 271 g/mol. The highest BCUT2D eigenvalue weighted by Crippen LogP contribution is 2.25. The zero-order valence-electron chi connectivity index (χ0n) is 11.6. The molecule has 20 heavy (non-hydrogen) atoms. The Bertz CT molecular complexity index is 612. The van der Waals surface area contributed by atoms with E-state index in [0.29, 0.717) is 11.7 Å². The van der Waals surface area contributed by atoms with Gasteiger partial charge in [-0.3, -0.25) is 0 Å². The van der Waals surface area contributed by atoms with E-state index in [1.807, 2.05) is 19.3 Å². The molecule has 0 bridgehead atoms. The summed E-state index contributed by atoms with van der Waals surface area (Å²) < 4.78 is 13.3. The van der Waals surface area contributed by atoms with Gasteiger partial charge in [-0.1, -0.05) is 12.1 Å². The third-order valence-electron chi connectivity index (χ3n) is 3.83. The van der Waals surface area contributed by atoms with Crippen molar-refractivity contribution in [3.63, 3.8) is 0 Å². The number of fused-ring (bicyclic) bond motifs is 1. The molecule has 0 radical (unpaired) electrons. The quantitative estimate of drug-likeness (QED) is 0.932. The van der Waals surface area contributed by atoms with Gasteiger partial charge >= 0.3 is 0 Å². The minimum atomic E-state index is -0.252. The molecule has 3 rings (SSSR count). The number of hydrogen-bond donors (Lipinski definition) is 1. The van der Waals surface area contributed by atoms with Crippen molar-refractivity contribution in [1.29, 1.82) is 0 Å². The summed E-state index contributed by atoms with van der Waals surface area (Å²) in [5, 5.41) is 3.23. The Morgan fingerprint density at radius 2 is 2.30 bits per heavy atom. The van der Waals surface area contributed by atoms with E-state index in [2.05, 4.69) is 15.3 Å². The zero-order chi connectivity index (χ0) is 13.9. The number of benzene rings is 1. The first-order valence-corrected chi connectivity index (χ1v) is 7.01. The van der Waals surface area contributed by atoms with Crippen LogP contribution in [0, 0.1) is 11.7 Å². The molecule has 104 valence electrons. The molecule has 3 nitrogen and oxygen atoms in total. The van der Waals surface area contributed by atoms with Crippen molar-refractivity contribution in [2.24, 2.45) is 5.92 Å². The first-order valence-electron chi connectivity index (χ1n) is 7.01. The van der Waals surface area contributed by atoms with Gasteiger partial charge in [-0.25, -0.2) is 14.4 Å². The fraction of sp³-hybridized carbons (Fsp3) is 0.375. The molecule has 4 heteroatoms. The number of aryl methyl sites for hydroxylation is 1. The maximum atomic E-state index is 13.3. The highest BCUT2D eigenvalue weighted by Gasteiger charge is 2.20. The SMILES string of the molecule is CNCC1CCc2nc(-c3cccc(F)c3)ncc2C1. The van der Waals surface area contributed by atoms with E-state index in [0.717, 1.165) is 37.1 Å². The summed E-state index contributed by atoms with van der Waals surface area (Å²) in [6.07, 6.45) is 5.06. The van der Waals surface area contributed by atoms with E-state index < -0.39 is 0 Å². The zero-order valence-corrected chi connectivity index (χ0v) is 11.6. The highest BCUT2D eigenvalue weighted by molar-refractivity contribution is 5.55. The highest BCUT2D eigenvalue weighted by atomic mass is 19.1. The Kier molecular flexibility index (Phi) is 3.74. The van der Waals surface area contributed by atoms with E-state index in [9.17, 15) is 4.39 Å². The van der Waals surface area contributed by atoms with Gasteiger partial charge in [0.05, 0.1) is 0 Å². The molecule has 1 aromatic carbocycles. The standard InChI is InChI=1S/C16H18FN3/c1-18-9-11-5-6-15-13(7-11)10-19-16(20-15)12-3-2-4-14(17)8-12/h2-4,8,10-11,18H,5-7,9H2,1H3. The number of nitrogens with zero attached hydrogens (tertiary/aromatic N) is 2. The molecule has 1 heterocycles. The molecule has 0 fully saturated rings. The molecule has 1 N–H and O–H groups in total. The van der Waals surface area contributed by atoms with Crippen LogP contribution in [0.25, 0.3) is 11.4 Å². The summed E-state index contributed by atoms with van der Waals surface area (Å²) in [4.78, 5) is 9.02. The molecule has 1 aliphatic carbocycles. The molecule has 0 spiro atoms. The van der Waals surface area contributed by atoms with Crippen LogP contribution in [0.1, 0.15) is 17.7 Å². The average molecular weight is 271 g/mol. The van der Waals surface area contributed by atoms with E-state index in [4.69, 9.17) is 0 Å². The summed E-state index contributed by atoms with van der Waals surface area (Å²) >= 11 is 0. The van der Waals surface area contributed by atoms with Crippen molar-refractivity contribution < 1.29 is 4.39 Å². The Morgan fingerprint density at radius 3 is 3.10 bits per heavy atom. The Balaban J connectivity index is 1.87. The molecule has 1 atom stereocenters. The molecule has 1 aliphatic rings. The predicted octanol–water partition coefficient (Wildman–Crippen LogP) is 2.61. The average Bonchev–Trinajstić information content (AvgIpc) is 2.47. The van der Waals surface area contributed by atoms with Crippen LogP contribution in [0.5, 0.6) is 0 Å². The van der Waals surface area contributed by atoms with E-state index in [-0.39, 0.29) is 5.82 Å². The Morgan fingerprint density at radius 1 is 1.40 bits per heavy atom. The molecule has 2 aromatic rings. The number of hydrogen-bond acceptors (Lipinski definition) is 3. The third kappa shape index (κ3) is 2.70. The minimum Gasteiger partial charge on any atom is -0.319 e. The van der Waals surface area contributed by atoms with Gasteiger partial charge in [0.25, 0.3) is 0 Å². The molecule has 0 aliphatic heterocycles. The maximum absolute atomic E-state index is 13.3. The molecule has 1 unspecified atom stereocenters. The van der Waals surface area contributed by atoms with Crippen LogP contribution in [0.4, 0.5) is 4.39 Å². The number of halogens is 1. The Hall–Kier alpha value is -1.81. The number of nitrogens with one attached hydrogen (secondary N) is 1. The van der Waals surface area contributed by atoms with Gasteiger partial charge in [0, 0.05) is 17.5 Å². The van der Waals surface area contributed by atoms with Gasteiger partial charge in [-0.2, -0.15) is 0 Å². The second kappa shape index (κ2) is 5.67. The van der Waals surface area contributed by atoms with Gasteiger partial charge in [0.2, 0.25) is 0 Å². The molecule has 0 amide bonds. The lowest BCUT2D eigenvalue weighted by atomic mass is 9.87. The van der Waals surface area contributed by atoms with Crippen LogP contribution in [0.15, 0.2) is 30.5 Å². The Labute approximate surface area is 118 Å². The van der Waals surface area contributed by atoms with Crippen LogP contribution in [-0.4, -0.2) is 23.6 Å². The van der Waals surface area contributed by atoms with Crippen molar-refractivity contribution in [3.8, 4) is 11.4 Å². The van der Waals surface area contributed by atoms with E-state index in [1.165, 1.54) is 17.7 Å². The molecule has 1 aromatic heterocycles. The summed E-state index contributed by atoms with van der Waals surface area (Å²) in [6.45, 7) is 1.03. The van der Waals surface area contributed by atoms with Gasteiger partial charge in [-0.05, 0) is 56.5 Å². The van der Waals surface area contributed by atoms with Crippen molar-refractivity contribution in [2.45, 2.75) is 19.3 Å². The molecule has 0 saturated heterocycles. The molecular formula is C16H18FN3. The first kappa shape index (κ1) is 13.2. The predicted molar refractivity (Wildman–Crippen MR) is 76.9 cm³/mol. The smallest absolute Gasteiger partial charge is 0.159 e. The van der Waals surface area contributed by atoms with Gasteiger partial charge in [-0.15, -0.1) is 0 Å². The summed E-state index contributed by atoms with van der Waals surface area (Å²) in [5.41, 5.74) is 3.09. The number of aromatic nitrogens is 2. The second-order valence-electron chi connectivity index (χ2n) is 5.34. The summed E-state index contributed by atoms with van der Waals surface area (Å²) in [7, 11) is 1.99. The fourth-order valence-corrected chi connectivity index (χ4v) is 2.81. The van der Waals surface area contributed by atoms with Crippen molar-refractivity contribution in [2.75, 3.05) is 13.6 Å². The first-order chi connectivity index (χ1) is 9.76. The van der Waals surface area contributed by atoms with Crippen molar-refractivity contribution in [1.82, 2.24) is 15.3 Å². The fourth-order valence-electron chi connectivity index (χ4n) is 2.81. The van der Waals surface area contributed by atoms with E-state index >= 15 is 0 Å². The third-order valence-corrected chi connectivity index (χ3v) is 3.83. The van der Waals surface area contributed by atoms with Crippen LogP contribution < -0.4 is 5.32 Å². The van der Waals surface area contributed by atoms with Crippen LogP contribution in [0.2, 0.25) is 0 Å². The molecular weight excluding hydrogens is 253 g/mol. The van der Waals surface area contributed by atoms with Gasteiger partial charge in [0.1, 0.15) is 5.82 Å². The number of rotatable bonds is 3. The second-order valence-corrected chi connectivity index (χ2v) is 5.34. The van der Waals surface area contributed by atoms with Gasteiger partial charge < -0.3 is 5.32 Å².